The van der Waals surface area contributed by atoms with Crippen molar-refractivity contribution < 1.29 is 17.9 Å². The number of thiazole rings is 1. The average Bonchev–Trinajstić information content (AvgIpc) is 3.19. The summed E-state index contributed by atoms with van der Waals surface area (Å²) in [5.41, 5.74) is 3.00. The summed E-state index contributed by atoms with van der Waals surface area (Å²) in [6.45, 7) is 1.27. The third-order valence-electron chi connectivity index (χ3n) is 4.96. The normalized spacial score (nSPS) is 13.6. The molecule has 0 atom stereocenters. The molecular weight excluding hydrogens is 422 g/mol. The number of carbonyl (C=O) groups is 1. The molecule has 0 saturated heterocycles. The highest BCUT2D eigenvalue weighted by atomic mass is 32.2. The number of nitrogens with zero attached hydrogens (tertiary/aromatic N) is 2. The molecule has 0 unspecified atom stereocenters. The Bertz CT molecular complexity index is 1160. The van der Waals surface area contributed by atoms with Crippen molar-refractivity contribution in [2.45, 2.75) is 24.3 Å². The fraction of sp³-hybridized carbons (Fsp3) is 0.238. The Kier molecular flexibility index (Phi) is 5.74. The number of hydrogen-bond donors (Lipinski definition) is 1. The van der Waals surface area contributed by atoms with Gasteiger partial charge >= 0.3 is 0 Å². The van der Waals surface area contributed by atoms with Gasteiger partial charge in [0.2, 0.25) is 5.91 Å². The summed E-state index contributed by atoms with van der Waals surface area (Å²) in [6.07, 6.45) is 0.981. The van der Waals surface area contributed by atoms with Crippen molar-refractivity contribution in [3.05, 3.63) is 70.7 Å². The minimum absolute atomic E-state index is 0.0145. The van der Waals surface area contributed by atoms with Crippen molar-refractivity contribution in [2.24, 2.45) is 0 Å². The number of rotatable bonds is 6. The Labute approximate surface area is 179 Å². The van der Waals surface area contributed by atoms with Crippen LogP contribution in [0.25, 0.3) is 0 Å². The molecule has 0 spiro atoms. The fourth-order valence-electron chi connectivity index (χ4n) is 3.34. The highest BCUT2D eigenvalue weighted by Crippen LogP contribution is 2.23. The first-order chi connectivity index (χ1) is 14.4. The molecule has 0 saturated carbocycles. The van der Waals surface area contributed by atoms with Crippen LogP contribution in [0.2, 0.25) is 0 Å². The molecular formula is C21H21N3O4S2. The van der Waals surface area contributed by atoms with Crippen molar-refractivity contribution in [1.29, 1.82) is 0 Å². The minimum Gasteiger partial charge on any atom is -0.497 e. The molecule has 156 valence electrons. The number of hydrogen-bond acceptors (Lipinski definition) is 6. The van der Waals surface area contributed by atoms with Gasteiger partial charge in [-0.05, 0) is 41.8 Å². The number of methoxy groups -OCH3 is 1. The van der Waals surface area contributed by atoms with Crippen LogP contribution < -0.4 is 9.46 Å². The van der Waals surface area contributed by atoms with Crippen LogP contribution >= 0.6 is 11.3 Å². The fourth-order valence-corrected chi connectivity index (χ4v) is 5.30. The summed E-state index contributed by atoms with van der Waals surface area (Å²) in [6, 6.07) is 14.2. The van der Waals surface area contributed by atoms with Crippen LogP contribution in [0.5, 0.6) is 5.75 Å². The molecule has 2 aromatic carbocycles. The Morgan fingerprint density at radius 1 is 1.17 bits per heavy atom. The van der Waals surface area contributed by atoms with Crippen molar-refractivity contribution in [1.82, 2.24) is 9.88 Å². The molecule has 0 fully saturated rings. The zero-order valence-corrected chi connectivity index (χ0v) is 18.0. The molecule has 4 rings (SSSR count). The molecule has 1 N–H and O–H groups in total. The van der Waals surface area contributed by atoms with Crippen LogP contribution in [0.15, 0.2) is 58.8 Å². The molecule has 3 aromatic rings. The van der Waals surface area contributed by atoms with Gasteiger partial charge < -0.3 is 9.64 Å². The van der Waals surface area contributed by atoms with Gasteiger partial charge in [0.1, 0.15) is 5.75 Å². The van der Waals surface area contributed by atoms with Crippen molar-refractivity contribution in [2.75, 3.05) is 18.4 Å². The number of anilines is 1. The van der Waals surface area contributed by atoms with E-state index in [0.29, 0.717) is 24.5 Å². The monoisotopic (exact) mass is 443 g/mol. The molecule has 9 heteroatoms. The smallest absolute Gasteiger partial charge is 0.263 e. The summed E-state index contributed by atoms with van der Waals surface area (Å²) in [5, 5.41) is 1.94. The summed E-state index contributed by atoms with van der Waals surface area (Å²) < 4.78 is 32.6. The highest BCUT2D eigenvalue weighted by molar-refractivity contribution is 7.93. The summed E-state index contributed by atoms with van der Waals surface area (Å²) in [7, 11) is -2.24. The van der Waals surface area contributed by atoms with E-state index in [1.54, 1.807) is 17.5 Å². The first-order valence-corrected chi connectivity index (χ1v) is 11.8. The second-order valence-corrected chi connectivity index (χ2v) is 9.48. The maximum atomic E-state index is 12.7. The molecule has 0 radical (unpaired) electrons. The molecule has 2 heterocycles. The van der Waals surface area contributed by atoms with E-state index in [1.807, 2.05) is 23.1 Å². The largest absolute Gasteiger partial charge is 0.497 e. The van der Waals surface area contributed by atoms with E-state index in [0.717, 1.165) is 17.8 Å². The number of carbonyl (C=O) groups excluding carboxylic acids is 1. The van der Waals surface area contributed by atoms with Crippen molar-refractivity contribution >= 4 is 32.4 Å². The van der Waals surface area contributed by atoms with E-state index >= 15 is 0 Å². The zero-order valence-electron chi connectivity index (χ0n) is 16.4. The third-order valence-corrected chi connectivity index (χ3v) is 7.25. The number of sulfonamides is 1. The number of ether oxygens (including phenoxy) is 1. The first kappa shape index (κ1) is 20.4. The van der Waals surface area contributed by atoms with Gasteiger partial charge in [0.15, 0.2) is 5.13 Å². The molecule has 7 nitrogen and oxygen atoms in total. The van der Waals surface area contributed by atoms with Gasteiger partial charge in [-0.15, -0.1) is 11.3 Å². The summed E-state index contributed by atoms with van der Waals surface area (Å²) in [5.74, 6) is 0.559. The summed E-state index contributed by atoms with van der Waals surface area (Å²) >= 11 is 1.16. The topological polar surface area (TPSA) is 88.6 Å². The van der Waals surface area contributed by atoms with Crippen LogP contribution in [0.3, 0.4) is 0 Å². The lowest BCUT2D eigenvalue weighted by molar-refractivity contribution is -0.131. The van der Waals surface area contributed by atoms with Crippen molar-refractivity contribution in [3.8, 4) is 5.75 Å². The maximum absolute atomic E-state index is 12.7. The molecule has 1 amide bonds. The standard InChI is InChI=1S/C21H21N3O4S2/c1-28-18-6-8-19(9-7-18)30(26,27)23-21-22-17(14-29-21)12-20(25)24-11-10-15-4-2-3-5-16(15)13-24/h2-9,14H,10-13H2,1H3,(H,22,23). The third kappa shape index (κ3) is 4.47. The number of amides is 1. The lowest BCUT2D eigenvalue weighted by atomic mass is 10.00. The van der Waals surface area contributed by atoms with Gasteiger partial charge in [0.05, 0.1) is 24.1 Å². The SMILES string of the molecule is COc1ccc(S(=O)(=O)Nc2nc(CC(=O)N3CCc4ccccc4C3)cs2)cc1. The number of fused-ring (bicyclic) bond motifs is 1. The zero-order chi connectivity index (χ0) is 21.1. The predicted molar refractivity (Wildman–Crippen MR) is 115 cm³/mol. The molecule has 1 aliphatic heterocycles. The maximum Gasteiger partial charge on any atom is 0.263 e. The van der Waals surface area contributed by atoms with E-state index < -0.39 is 10.0 Å². The Hall–Kier alpha value is -2.91. The molecule has 1 aliphatic rings. The second-order valence-electron chi connectivity index (χ2n) is 6.94. The quantitative estimate of drug-likeness (QED) is 0.633. The van der Waals surface area contributed by atoms with E-state index in [-0.39, 0.29) is 22.4 Å². The van der Waals surface area contributed by atoms with Crippen LogP contribution in [0.1, 0.15) is 16.8 Å². The highest BCUT2D eigenvalue weighted by Gasteiger charge is 2.22. The molecule has 0 aliphatic carbocycles. The summed E-state index contributed by atoms with van der Waals surface area (Å²) in [4.78, 5) is 18.9. The van der Waals surface area contributed by atoms with Crippen LogP contribution in [0, 0.1) is 0 Å². The average molecular weight is 444 g/mol. The van der Waals surface area contributed by atoms with E-state index in [1.165, 1.54) is 30.4 Å². The molecule has 0 bridgehead atoms. The van der Waals surface area contributed by atoms with Gasteiger partial charge in [0.25, 0.3) is 10.0 Å². The van der Waals surface area contributed by atoms with Gasteiger partial charge in [0, 0.05) is 18.5 Å². The Morgan fingerprint density at radius 2 is 1.90 bits per heavy atom. The van der Waals surface area contributed by atoms with Gasteiger partial charge in [-0.1, -0.05) is 24.3 Å². The number of aromatic nitrogens is 1. The number of benzene rings is 2. The van der Waals surface area contributed by atoms with Crippen LogP contribution in [-0.2, 0) is 34.2 Å². The van der Waals surface area contributed by atoms with E-state index in [9.17, 15) is 13.2 Å². The molecule has 1 aromatic heterocycles. The lowest BCUT2D eigenvalue weighted by Crippen LogP contribution is -2.36. The number of nitrogens with one attached hydrogen (secondary N) is 1. The van der Waals surface area contributed by atoms with Gasteiger partial charge in [-0.3, -0.25) is 9.52 Å². The lowest BCUT2D eigenvalue weighted by Gasteiger charge is -2.28. The Balaban J connectivity index is 1.40. The predicted octanol–water partition coefficient (Wildman–Crippen LogP) is 3.08. The van der Waals surface area contributed by atoms with E-state index in [4.69, 9.17) is 4.74 Å². The second kappa shape index (κ2) is 8.45. The van der Waals surface area contributed by atoms with Crippen LogP contribution in [-0.4, -0.2) is 37.9 Å². The Morgan fingerprint density at radius 3 is 2.63 bits per heavy atom. The first-order valence-electron chi connectivity index (χ1n) is 9.40. The molecule has 30 heavy (non-hydrogen) atoms. The van der Waals surface area contributed by atoms with Crippen molar-refractivity contribution in [3.63, 3.8) is 0 Å². The van der Waals surface area contributed by atoms with Gasteiger partial charge in [-0.2, -0.15) is 0 Å². The minimum atomic E-state index is -3.76. The van der Waals surface area contributed by atoms with E-state index in [2.05, 4.69) is 15.8 Å². The van der Waals surface area contributed by atoms with Gasteiger partial charge in [-0.25, -0.2) is 13.4 Å². The van der Waals surface area contributed by atoms with Crippen LogP contribution in [0.4, 0.5) is 5.13 Å².